The van der Waals surface area contributed by atoms with E-state index in [0.717, 1.165) is 22.0 Å². The lowest BCUT2D eigenvalue weighted by Gasteiger charge is -2.10. The van der Waals surface area contributed by atoms with Crippen LogP contribution in [-0.4, -0.2) is 25.2 Å². The highest BCUT2D eigenvalue weighted by atomic mass is 35.5. The third-order valence-electron chi connectivity index (χ3n) is 2.81. The SMILES string of the molecule is CNc1ncc(-c2cc(Cl)c3c(c2)OCCCO3)s1. The van der Waals surface area contributed by atoms with E-state index in [9.17, 15) is 0 Å². The maximum atomic E-state index is 6.27. The fraction of sp³-hybridized carbons (Fsp3) is 0.308. The number of benzene rings is 1. The number of anilines is 1. The summed E-state index contributed by atoms with van der Waals surface area (Å²) < 4.78 is 11.3. The molecular formula is C13H13ClN2O2S. The van der Waals surface area contributed by atoms with Crippen LogP contribution >= 0.6 is 22.9 Å². The van der Waals surface area contributed by atoms with Gasteiger partial charge in [0.15, 0.2) is 16.6 Å². The summed E-state index contributed by atoms with van der Waals surface area (Å²) in [6.07, 6.45) is 2.69. The lowest BCUT2D eigenvalue weighted by atomic mass is 10.2. The van der Waals surface area contributed by atoms with Crippen LogP contribution in [0.5, 0.6) is 11.5 Å². The smallest absolute Gasteiger partial charge is 0.182 e. The zero-order valence-electron chi connectivity index (χ0n) is 10.4. The summed E-state index contributed by atoms with van der Waals surface area (Å²) in [5.74, 6) is 1.35. The molecule has 0 fully saturated rings. The molecule has 3 rings (SSSR count). The highest BCUT2D eigenvalue weighted by Gasteiger charge is 2.17. The van der Waals surface area contributed by atoms with Gasteiger partial charge in [0.05, 0.1) is 23.1 Å². The minimum absolute atomic E-state index is 0.578. The summed E-state index contributed by atoms with van der Waals surface area (Å²) in [5, 5.41) is 4.47. The first kappa shape index (κ1) is 12.6. The lowest BCUT2D eigenvalue weighted by Crippen LogP contribution is -1.97. The first-order valence-electron chi connectivity index (χ1n) is 6.01. The van der Waals surface area contributed by atoms with Crippen LogP contribution in [0.2, 0.25) is 5.02 Å². The van der Waals surface area contributed by atoms with E-state index in [1.165, 1.54) is 0 Å². The number of hydrogen-bond acceptors (Lipinski definition) is 5. The van der Waals surface area contributed by atoms with Crippen molar-refractivity contribution >= 4 is 28.1 Å². The molecule has 4 nitrogen and oxygen atoms in total. The first-order valence-corrected chi connectivity index (χ1v) is 7.20. The Hall–Kier alpha value is -1.46. The Morgan fingerprint density at radius 3 is 2.95 bits per heavy atom. The highest BCUT2D eigenvalue weighted by molar-refractivity contribution is 7.18. The number of halogens is 1. The van der Waals surface area contributed by atoms with Gasteiger partial charge in [-0.05, 0) is 17.7 Å². The average molecular weight is 297 g/mol. The Balaban J connectivity index is 2.03. The molecule has 0 saturated carbocycles. The van der Waals surface area contributed by atoms with Gasteiger partial charge >= 0.3 is 0 Å². The van der Waals surface area contributed by atoms with Gasteiger partial charge in [-0.25, -0.2) is 4.98 Å². The summed E-state index contributed by atoms with van der Waals surface area (Å²) in [6.45, 7) is 1.29. The molecule has 0 aliphatic carbocycles. The number of thiazole rings is 1. The second-order valence-corrected chi connectivity index (χ2v) is 5.55. The predicted molar refractivity (Wildman–Crippen MR) is 77.7 cm³/mol. The molecule has 1 N–H and O–H groups in total. The average Bonchev–Trinajstić information content (AvgIpc) is 2.77. The van der Waals surface area contributed by atoms with E-state index in [1.54, 1.807) is 11.3 Å². The third-order valence-corrected chi connectivity index (χ3v) is 4.15. The van der Waals surface area contributed by atoms with Crippen molar-refractivity contribution < 1.29 is 9.47 Å². The lowest BCUT2D eigenvalue weighted by molar-refractivity contribution is 0.297. The normalized spacial score (nSPS) is 14.0. The summed E-state index contributed by atoms with van der Waals surface area (Å²) in [7, 11) is 1.85. The fourth-order valence-electron chi connectivity index (χ4n) is 1.90. The number of nitrogens with zero attached hydrogens (tertiary/aromatic N) is 1. The van der Waals surface area contributed by atoms with Crippen molar-refractivity contribution in [2.45, 2.75) is 6.42 Å². The molecule has 0 radical (unpaired) electrons. The van der Waals surface area contributed by atoms with Crippen LogP contribution in [0.25, 0.3) is 10.4 Å². The van der Waals surface area contributed by atoms with Crippen LogP contribution < -0.4 is 14.8 Å². The molecule has 2 heterocycles. The van der Waals surface area contributed by atoms with Crippen LogP contribution in [0.4, 0.5) is 5.13 Å². The van der Waals surface area contributed by atoms with E-state index < -0.39 is 0 Å². The summed E-state index contributed by atoms with van der Waals surface area (Å²) in [5.41, 5.74) is 0.994. The van der Waals surface area contributed by atoms with Gasteiger partial charge in [-0.2, -0.15) is 0 Å². The standard InChI is InChI=1S/C13H13ClN2O2S/c1-15-13-16-7-11(19-13)8-5-9(14)12-10(6-8)17-3-2-4-18-12/h5-7H,2-4H2,1H3,(H,15,16). The molecule has 1 aliphatic rings. The molecular weight excluding hydrogens is 284 g/mol. The van der Waals surface area contributed by atoms with Crippen molar-refractivity contribution in [2.24, 2.45) is 0 Å². The Morgan fingerprint density at radius 1 is 1.32 bits per heavy atom. The van der Waals surface area contributed by atoms with Crippen molar-refractivity contribution in [2.75, 3.05) is 25.6 Å². The Kier molecular flexibility index (Phi) is 3.48. The topological polar surface area (TPSA) is 43.4 Å². The van der Waals surface area contributed by atoms with Crippen LogP contribution in [0, 0.1) is 0 Å². The van der Waals surface area contributed by atoms with Crippen molar-refractivity contribution in [3.8, 4) is 21.9 Å². The molecule has 0 bridgehead atoms. The first-order chi connectivity index (χ1) is 9.28. The molecule has 1 aliphatic heterocycles. The van der Waals surface area contributed by atoms with E-state index in [2.05, 4.69) is 10.3 Å². The molecule has 0 spiro atoms. The number of hydrogen-bond donors (Lipinski definition) is 1. The number of ether oxygens (including phenoxy) is 2. The Morgan fingerprint density at radius 2 is 2.16 bits per heavy atom. The van der Waals surface area contributed by atoms with E-state index in [0.29, 0.717) is 29.7 Å². The molecule has 1 aromatic carbocycles. The summed E-state index contributed by atoms with van der Waals surface area (Å²) in [6, 6.07) is 3.85. The van der Waals surface area contributed by atoms with Crippen molar-refractivity contribution in [3.05, 3.63) is 23.4 Å². The Labute approximate surface area is 120 Å². The van der Waals surface area contributed by atoms with Crippen LogP contribution in [0.15, 0.2) is 18.3 Å². The van der Waals surface area contributed by atoms with Gasteiger partial charge in [0.25, 0.3) is 0 Å². The number of fused-ring (bicyclic) bond motifs is 1. The second-order valence-electron chi connectivity index (χ2n) is 4.12. The molecule has 2 aromatic rings. The molecule has 0 unspecified atom stereocenters. The zero-order valence-corrected chi connectivity index (χ0v) is 12.0. The maximum Gasteiger partial charge on any atom is 0.182 e. The van der Waals surface area contributed by atoms with Gasteiger partial charge in [0, 0.05) is 19.7 Å². The molecule has 0 saturated heterocycles. The van der Waals surface area contributed by atoms with E-state index in [-0.39, 0.29) is 0 Å². The predicted octanol–water partition coefficient (Wildman–Crippen LogP) is 3.67. The molecule has 1 aromatic heterocycles. The highest BCUT2D eigenvalue weighted by Crippen LogP contribution is 2.42. The van der Waals surface area contributed by atoms with Gasteiger partial charge in [-0.3, -0.25) is 0 Å². The van der Waals surface area contributed by atoms with Crippen molar-refractivity contribution in [1.29, 1.82) is 0 Å². The van der Waals surface area contributed by atoms with E-state index in [1.807, 2.05) is 25.4 Å². The minimum Gasteiger partial charge on any atom is -0.489 e. The van der Waals surface area contributed by atoms with Crippen LogP contribution in [0.1, 0.15) is 6.42 Å². The molecule has 6 heteroatoms. The summed E-state index contributed by atoms with van der Waals surface area (Å²) >= 11 is 7.85. The number of aromatic nitrogens is 1. The monoisotopic (exact) mass is 296 g/mol. The van der Waals surface area contributed by atoms with Crippen molar-refractivity contribution in [3.63, 3.8) is 0 Å². The molecule has 0 atom stereocenters. The quantitative estimate of drug-likeness (QED) is 0.918. The molecule has 0 amide bonds. The molecule has 19 heavy (non-hydrogen) atoms. The number of rotatable bonds is 2. The minimum atomic E-state index is 0.578. The van der Waals surface area contributed by atoms with Gasteiger partial charge < -0.3 is 14.8 Å². The summed E-state index contributed by atoms with van der Waals surface area (Å²) in [4.78, 5) is 5.31. The zero-order chi connectivity index (χ0) is 13.2. The fourth-order valence-corrected chi connectivity index (χ4v) is 2.92. The largest absolute Gasteiger partial charge is 0.489 e. The number of nitrogens with one attached hydrogen (secondary N) is 1. The van der Waals surface area contributed by atoms with Crippen LogP contribution in [-0.2, 0) is 0 Å². The van der Waals surface area contributed by atoms with E-state index in [4.69, 9.17) is 21.1 Å². The van der Waals surface area contributed by atoms with Gasteiger partial charge in [0.2, 0.25) is 0 Å². The van der Waals surface area contributed by atoms with Crippen molar-refractivity contribution in [1.82, 2.24) is 4.98 Å². The van der Waals surface area contributed by atoms with Crippen LogP contribution in [0.3, 0.4) is 0 Å². The third kappa shape index (κ3) is 2.48. The van der Waals surface area contributed by atoms with Gasteiger partial charge in [-0.15, -0.1) is 0 Å². The van der Waals surface area contributed by atoms with E-state index >= 15 is 0 Å². The van der Waals surface area contributed by atoms with Gasteiger partial charge in [0.1, 0.15) is 0 Å². The maximum absolute atomic E-state index is 6.27. The van der Waals surface area contributed by atoms with Gasteiger partial charge in [-0.1, -0.05) is 22.9 Å². The Bertz CT molecular complexity index is 600. The second kappa shape index (κ2) is 5.27. The molecule has 100 valence electrons.